The highest BCUT2D eigenvalue weighted by atomic mass is 16.5. The summed E-state index contributed by atoms with van der Waals surface area (Å²) in [6.45, 7) is 10.5. The molecule has 2 fully saturated rings. The van der Waals surface area contributed by atoms with E-state index >= 15 is 0 Å². The second-order valence-corrected chi connectivity index (χ2v) is 8.82. The number of amides is 2. The first-order chi connectivity index (χ1) is 13.5. The number of hydrogen-bond acceptors (Lipinski definition) is 3. The van der Waals surface area contributed by atoms with Crippen molar-refractivity contribution in [2.45, 2.75) is 39.7 Å². The third-order valence-electron chi connectivity index (χ3n) is 6.56. The summed E-state index contributed by atoms with van der Waals surface area (Å²) in [4.78, 5) is 17.4. The molecule has 1 N–H and O–H groups in total. The van der Waals surface area contributed by atoms with Crippen molar-refractivity contribution < 1.29 is 9.53 Å². The first-order valence-corrected chi connectivity index (χ1v) is 10.7. The second kappa shape index (κ2) is 8.16. The van der Waals surface area contributed by atoms with Gasteiger partial charge in [0, 0.05) is 37.1 Å². The van der Waals surface area contributed by atoms with Gasteiger partial charge in [-0.05, 0) is 75.1 Å². The quantitative estimate of drug-likeness (QED) is 0.772. The van der Waals surface area contributed by atoms with Crippen LogP contribution >= 0.6 is 0 Å². The lowest BCUT2D eigenvalue weighted by Crippen LogP contribution is -2.43. The van der Waals surface area contributed by atoms with E-state index in [1.807, 2.05) is 11.0 Å². The van der Waals surface area contributed by atoms with Gasteiger partial charge in [-0.1, -0.05) is 12.2 Å². The molecule has 28 heavy (non-hydrogen) atoms. The van der Waals surface area contributed by atoms with Crippen molar-refractivity contribution >= 4 is 17.4 Å². The van der Waals surface area contributed by atoms with Crippen molar-refractivity contribution in [3.05, 3.63) is 35.9 Å². The van der Waals surface area contributed by atoms with Crippen LogP contribution in [-0.4, -0.2) is 49.8 Å². The number of hydrogen-bond donors (Lipinski definition) is 1. The van der Waals surface area contributed by atoms with E-state index in [2.05, 4.69) is 55.3 Å². The van der Waals surface area contributed by atoms with Gasteiger partial charge in [-0.2, -0.15) is 0 Å². The summed E-state index contributed by atoms with van der Waals surface area (Å²) in [6.07, 6.45) is 7.23. The molecule has 152 valence electrons. The van der Waals surface area contributed by atoms with E-state index in [4.69, 9.17) is 4.74 Å². The molecule has 2 bridgehead atoms. The first kappa shape index (κ1) is 19.3. The van der Waals surface area contributed by atoms with E-state index in [1.165, 1.54) is 18.5 Å². The Morgan fingerprint density at radius 1 is 1.25 bits per heavy atom. The summed E-state index contributed by atoms with van der Waals surface area (Å²) in [6, 6.07) is 6.52. The van der Waals surface area contributed by atoms with Gasteiger partial charge in [0.25, 0.3) is 0 Å². The molecular formula is C23H33N3O2. The SMILES string of the molecule is Cc1cc(N2CCOCC2)ccc1NC(=O)N(C[C@H]1C[C@H]2C=C[C@H]1C2)C(C)C. The zero-order valence-electron chi connectivity index (χ0n) is 17.4. The maximum Gasteiger partial charge on any atom is 0.322 e. The van der Waals surface area contributed by atoms with Crippen molar-refractivity contribution in [3.8, 4) is 0 Å². The number of rotatable bonds is 5. The Morgan fingerprint density at radius 2 is 2.04 bits per heavy atom. The Kier molecular flexibility index (Phi) is 5.63. The summed E-state index contributed by atoms with van der Waals surface area (Å²) >= 11 is 0. The predicted molar refractivity (Wildman–Crippen MR) is 114 cm³/mol. The Bertz CT molecular complexity index is 739. The average Bonchev–Trinajstić information content (AvgIpc) is 3.31. The van der Waals surface area contributed by atoms with E-state index in [-0.39, 0.29) is 12.1 Å². The van der Waals surface area contributed by atoms with Crippen molar-refractivity contribution in [3.63, 3.8) is 0 Å². The lowest BCUT2D eigenvalue weighted by molar-refractivity contribution is 0.122. The van der Waals surface area contributed by atoms with Crippen molar-refractivity contribution in [2.24, 2.45) is 17.8 Å². The minimum Gasteiger partial charge on any atom is -0.378 e. The molecule has 1 saturated carbocycles. The van der Waals surface area contributed by atoms with Gasteiger partial charge in [-0.25, -0.2) is 4.79 Å². The molecule has 3 atom stereocenters. The highest BCUT2D eigenvalue weighted by Crippen LogP contribution is 2.43. The van der Waals surface area contributed by atoms with Gasteiger partial charge in [0.15, 0.2) is 0 Å². The number of aryl methyl sites for hydroxylation is 1. The average molecular weight is 384 g/mol. The number of nitrogens with zero attached hydrogens (tertiary/aromatic N) is 2. The Hall–Kier alpha value is -2.01. The van der Waals surface area contributed by atoms with Crippen molar-refractivity contribution in [1.29, 1.82) is 0 Å². The van der Waals surface area contributed by atoms with E-state index in [0.717, 1.165) is 50.0 Å². The Labute approximate surface area is 168 Å². The number of allylic oxidation sites excluding steroid dienone is 2. The normalized spacial score (nSPS) is 26.1. The maximum absolute atomic E-state index is 13.1. The van der Waals surface area contributed by atoms with E-state index < -0.39 is 0 Å². The van der Waals surface area contributed by atoms with Crippen LogP contribution in [0.4, 0.5) is 16.2 Å². The van der Waals surface area contributed by atoms with Crippen LogP contribution in [0, 0.1) is 24.7 Å². The van der Waals surface area contributed by atoms with E-state index in [9.17, 15) is 4.79 Å². The standard InChI is InChI=1S/C23H33N3O2/c1-16(2)26(15-20-14-18-4-5-19(20)13-18)23(27)24-22-7-6-21(12-17(22)3)25-8-10-28-11-9-25/h4-7,12,16,18-20H,8-11,13-15H2,1-3H3,(H,24,27)/t18-,19-,20+/m0/s1. The molecule has 1 aromatic carbocycles. The molecule has 2 amide bonds. The number of fused-ring (bicyclic) bond motifs is 2. The maximum atomic E-state index is 13.1. The number of carbonyl (C=O) groups excluding carboxylic acids is 1. The van der Waals surface area contributed by atoms with Gasteiger partial charge in [0.1, 0.15) is 0 Å². The first-order valence-electron chi connectivity index (χ1n) is 10.7. The fraction of sp³-hybridized carbons (Fsp3) is 0.609. The summed E-state index contributed by atoms with van der Waals surface area (Å²) in [5.41, 5.74) is 3.21. The number of benzene rings is 1. The molecule has 2 aliphatic carbocycles. The van der Waals surface area contributed by atoms with Crippen molar-refractivity contribution in [2.75, 3.05) is 43.1 Å². The van der Waals surface area contributed by atoms with E-state index in [0.29, 0.717) is 11.8 Å². The van der Waals surface area contributed by atoms with E-state index in [1.54, 1.807) is 0 Å². The van der Waals surface area contributed by atoms with Crippen LogP contribution < -0.4 is 10.2 Å². The van der Waals surface area contributed by atoms with Crippen molar-refractivity contribution in [1.82, 2.24) is 4.90 Å². The van der Waals surface area contributed by atoms with Crippen LogP contribution in [0.1, 0.15) is 32.3 Å². The fourth-order valence-electron chi connectivity index (χ4n) is 4.88. The monoisotopic (exact) mass is 383 g/mol. The lowest BCUT2D eigenvalue weighted by Gasteiger charge is -2.32. The fourth-order valence-corrected chi connectivity index (χ4v) is 4.88. The molecule has 0 unspecified atom stereocenters. The molecule has 1 aliphatic heterocycles. The third kappa shape index (κ3) is 4.04. The molecule has 1 saturated heterocycles. The highest BCUT2D eigenvalue weighted by molar-refractivity contribution is 5.90. The van der Waals surface area contributed by atoms with Crippen LogP contribution in [0.15, 0.2) is 30.4 Å². The Morgan fingerprint density at radius 3 is 2.64 bits per heavy atom. The van der Waals surface area contributed by atoms with Gasteiger partial charge in [0.05, 0.1) is 13.2 Å². The number of anilines is 2. The number of morpholine rings is 1. The predicted octanol–water partition coefficient (Wildman–Crippen LogP) is 4.29. The van der Waals surface area contributed by atoms with Crippen LogP contribution in [-0.2, 0) is 4.74 Å². The van der Waals surface area contributed by atoms with Crippen LogP contribution in [0.3, 0.4) is 0 Å². The van der Waals surface area contributed by atoms with Gasteiger partial charge in [-0.15, -0.1) is 0 Å². The number of carbonyl (C=O) groups is 1. The topological polar surface area (TPSA) is 44.8 Å². The summed E-state index contributed by atoms with van der Waals surface area (Å²) in [7, 11) is 0. The third-order valence-corrected chi connectivity index (χ3v) is 6.56. The number of nitrogens with one attached hydrogen (secondary N) is 1. The van der Waals surface area contributed by atoms with Crippen LogP contribution in [0.25, 0.3) is 0 Å². The van der Waals surface area contributed by atoms with Gasteiger partial charge in [0.2, 0.25) is 0 Å². The number of ether oxygens (including phenoxy) is 1. The van der Waals surface area contributed by atoms with Crippen LogP contribution in [0.5, 0.6) is 0 Å². The Balaban J connectivity index is 1.41. The zero-order valence-corrected chi connectivity index (χ0v) is 17.4. The van der Waals surface area contributed by atoms with Gasteiger partial charge >= 0.3 is 6.03 Å². The molecule has 3 aliphatic rings. The molecule has 0 spiro atoms. The molecule has 1 aromatic rings. The second-order valence-electron chi connectivity index (χ2n) is 8.82. The summed E-state index contributed by atoms with van der Waals surface area (Å²) < 4.78 is 5.44. The zero-order chi connectivity index (χ0) is 19.7. The summed E-state index contributed by atoms with van der Waals surface area (Å²) in [5.74, 6) is 2.00. The minimum atomic E-state index is 0.0176. The molecule has 0 aromatic heterocycles. The molecule has 4 rings (SSSR count). The smallest absolute Gasteiger partial charge is 0.322 e. The van der Waals surface area contributed by atoms with Gasteiger partial charge in [-0.3, -0.25) is 0 Å². The molecule has 5 nitrogen and oxygen atoms in total. The molecule has 0 radical (unpaired) electrons. The molecule has 1 heterocycles. The molecular weight excluding hydrogens is 350 g/mol. The molecule has 5 heteroatoms. The minimum absolute atomic E-state index is 0.0176. The van der Waals surface area contributed by atoms with Gasteiger partial charge < -0.3 is 19.9 Å². The largest absolute Gasteiger partial charge is 0.378 e. The number of urea groups is 1. The lowest BCUT2D eigenvalue weighted by atomic mass is 9.93. The van der Waals surface area contributed by atoms with Crippen LogP contribution in [0.2, 0.25) is 0 Å². The summed E-state index contributed by atoms with van der Waals surface area (Å²) in [5, 5.41) is 3.17. The highest BCUT2D eigenvalue weighted by Gasteiger charge is 2.37.